The number of carbonyl (C=O) groups is 2. The Balaban J connectivity index is 1.93. The highest BCUT2D eigenvalue weighted by atomic mass is 32.1. The fourth-order valence-electron chi connectivity index (χ4n) is 1.74. The zero-order valence-electron chi connectivity index (χ0n) is 10.5. The van der Waals surface area contributed by atoms with Gasteiger partial charge in [0.1, 0.15) is 10.9 Å². The normalized spacial score (nSPS) is 17.0. The Labute approximate surface area is 114 Å². The molecule has 0 spiro atoms. The summed E-state index contributed by atoms with van der Waals surface area (Å²) < 4.78 is 5.19. The molecule has 1 amide bonds. The number of thiazole rings is 1. The fourth-order valence-corrected chi connectivity index (χ4v) is 2.49. The number of nitrogens with zero attached hydrogens (tertiary/aromatic N) is 2. The molecule has 104 valence electrons. The van der Waals surface area contributed by atoms with Crippen LogP contribution in [0.5, 0.6) is 0 Å². The minimum atomic E-state index is -1.02. The number of amides is 1. The maximum atomic E-state index is 12.1. The molecular formula is C11H15N3O4S. The van der Waals surface area contributed by atoms with Gasteiger partial charge in [-0.15, -0.1) is 0 Å². The molecule has 1 fully saturated rings. The first-order valence-electron chi connectivity index (χ1n) is 5.90. The van der Waals surface area contributed by atoms with Gasteiger partial charge < -0.3 is 20.1 Å². The van der Waals surface area contributed by atoms with Crippen LogP contribution in [-0.4, -0.2) is 59.2 Å². The number of aromatic carboxylic acids is 1. The quantitative estimate of drug-likeness (QED) is 0.837. The van der Waals surface area contributed by atoms with Crippen LogP contribution in [0.3, 0.4) is 0 Å². The molecule has 0 radical (unpaired) electrons. The van der Waals surface area contributed by atoms with Crippen LogP contribution in [0.25, 0.3) is 0 Å². The Kier molecular flexibility index (Phi) is 4.33. The van der Waals surface area contributed by atoms with E-state index < -0.39 is 12.0 Å². The molecule has 1 atom stereocenters. The molecular weight excluding hydrogens is 270 g/mol. The molecule has 1 unspecified atom stereocenters. The number of carbonyl (C=O) groups excluding carboxylic acids is 1. The molecule has 2 rings (SSSR count). The van der Waals surface area contributed by atoms with Crippen LogP contribution in [-0.2, 0) is 9.53 Å². The van der Waals surface area contributed by atoms with Gasteiger partial charge in [-0.1, -0.05) is 11.3 Å². The second-order valence-corrected chi connectivity index (χ2v) is 5.17. The van der Waals surface area contributed by atoms with Gasteiger partial charge in [0.15, 0.2) is 5.13 Å². The van der Waals surface area contributed by atoms with Gasteiger partial charge >= 0.3 is 5.97 Å². The summed E-state index contributed by atoms with van der Waals surface area (Å²) in [6.07, 6.45) is 1.28. The zero-order chi connectivity index (χ0) is 13.8. The van der Waals surface area contributed by atoms with Crippen LogP contribution in [0.1, 0.15) is 16.6 Å². The molecule has 2 heterocycles. The molecule has 0 saturated carbocycles. The monoisotopic (exact) mass is 285 g/mol. The van der Waals surface area contributed by atoms with Crippen molar-refractivity contribution in [3.8, 4) is 0 Å². The van der Waals surface area contributed by atoms with Gasteiger partial charge in [0.05, 0.1) is 19.4 Å². The Hall–Kier alpha value is -1.67. The molecule has 1 aromatic rings. The smallest absolute Gasteiger partial charge is 0.347 e. The van der Waals surface area contributed by atoms with E-state index in [0.717, 1.165) is 11.3 Å². The van der Waals surface area contributed by atoms with Gasteiger partial charge in [0.25, 0.3) is 0 Å². The predicted octanol–water partition coefficient (Wildman–Crippen LogP) is 0.500. The third-order valence-electron chi connectivity index (χ3n) is 2.75. The molecule has 0 bridgehead atoms. The Morgan fingerprint density at radius 1 is 1.53 bits per heavy atom. The summed E-state index contributed by atoms with van der Waals surface area (Å²) >= 11 is 1.02. The van der Waals surface area contributed by atoms with Crippen LogP contribution in [0.4, 0.5) is 5.13 Å². The van der Waals surface area contributed by atoms with Gasteiger partial charge in [0.2, 0.25) is 5.91 Å². The summed E-state index contributed by atoms with van der Waals surface area (Å²) in [5.41, 5.74) is 0. The summed E-state index contributed by atoms with van der Waals surface area (Å²) in [5.74, 6) is -1.05. The molecule has 19 heavy (non-hydrogen) atoms. The average Bonchev–Trinajstić information content (AvgIpc) is 2.87. The van der Waals surface area contributed by atoms with Crippen LogP contribution < -0.4 is 5.32 Å². The Bertz CT molecular complexity index is 470. The second-order valence-electron chi connectivity index (χ2n) is 4.14. The number of morpholine rings is 1. The highest BCUT2D eigenvalue weighted by molar-refractivity contribution is 7.17. The zero-order valence-corrected chi connectivity index (χ0v) is 11.3. The maximum absolute atomic E-state index is 12.1. The fraction of sp³-hybridized carbons (Fsp3) is 0.545. The van der Waals surface area contributed by atoms with Gasteiger partial charge in [-0.25, -0.2) is 9.78 Å². The van der Waals surface area contributed by atoms with Crippen molar-refractivity contribution in [1.82, 2.24) is 9.88 Å². The summed E-state index contributed by atoms with van der Waals surface area (Å²) in [6.45, 7) is 4.02. The second kappa shape index (κ2) is 5.98. The minimum Gasteiger partial charge on any atom is -0.477 e. The molecule has 2 N–H and O–H groups in total. The highest BCUT2D eigenvalue weighted by Gasteiger charge is 2.23. The largest absolute Gasteiger partial charge is 0.477 e. The number of ether oxygens (including phenoxy) is 1. The third-order valence-corrected chi connectivity index (χ3v) is 3.67. The van der Waals surface area contributed by atoms with Crippen LogP contribution in [0, 0.1) is 0 Å². The molecule has 7 nitrogen and oxygen atoms in total. The van der Waals surface area contributed by atoms with Crippen LogP contribution in [0.15, 0.2) is 6.20 Å². The van der Waals surface area contributed by atoms with Crippen molar-refractivity contribution in [2.45, 2.75) is 13.0 Å². The van der Waals surface area contributed by atoms with Gasteiger partial charge in [-0.2, -0.15) is 0 Å². The molecule has 8 heteroatoms. The van der Waals surface area contributed by atoms with E-state index in [9.17, 15) is 9.59 Å². The van der Waals surface area contributed by atoms with E-state index in [4.69, 9.17) is 9.84 Å². The van der Waals surface area contributed by atoms with Crippen molar-refractivity contribution >= 4 is 28.3 Å². The molecule has 0 aromatic carbocycles. The maximum Gasteiger partial charge on any atom is 0.347 e. The number of carboxylic acid groups (broad SMARTS) is 1. The number of hydrogen-bond donors (Lipinski definition) is 2. The van der Waals surface area contributed by atoms with E-state index in [-0.39, 0.29) is 10.8 Å². The lowest BCUT2D eigenvalue weighted by Gasteiger charge is -2.29. The van der Waals surface area contributed by atoms with E-state index in [2.05, 4.69) is 10.3 Å². The van der Waals surface area contributed by atoms with Crippen LogP contribution >= 0.6 is 11.3 Å². The summed E-state index contributed by atoms with van der Waals surface area (Å²) in [7, 11) is 0. The van der Waals surface area contributed by atoms with Crippen molar-refractivity contribution in [1.29, 1.82) is 0 Å². The van der Waals surface area contributed by atoms with Gasteiger partial charge in [-0.05, 0) is 6.92 Å². The van der Waals surface area contributed by atoms with Crippen molar-refractivity contribution in [3.63, 3.8) is 0 Å². The number of nitrogens with one attached hydrogen (secondary N) is 1. The number of rotatable bonds is 4. The van der Waals surface area contributed by atoms with Crippen LogP contribution in [0.2, 0.25) is 0 Å². The topological polar surface area (TPSA) is 91.8 Å². The summed E-state index contributed by atoms with van der Waals surface area (Å²) in [5, 5.41) is 12.2. The first kappa shape index (κ1) is 13.8. The number of carboxylic acids is 1. The molecule has 1 aliphatic heterocycles. The van der Waals surface area contributed by atoms with Gasteiger partial charge in [0, 0.05) is 13.1 Å². The van der Waals surface area contributed by atoms with E-state index in [0.29, 0.717) is 31.4 Å². The van der Waals surface area contributed by atoms with Crippen molar-refractivity contribution < 1.29 is 19.4 Å². The van der Waals surface area contributed by atoms with E-state index in [1.165, 1.54) is 6.20 Å². The number of hydrogen-bond acceptors (Lipinski definition) is 6. The predicted molar refractivity (Wildman–Crippen MR) is 69.6 cm³/mol. The lowest BCUT2D eigenvalue weighted by molar-refractivity contribution is -0.135. The molecule has 1 aliphatic rings. The standard InChI is InChI=1S/C11H15N3O4S/c1-7(9(15)14-2-4-18-5-3-14)13-11-12-6-8(19-11)10(16)17/h6-7H,2-5H2,1H3,(H,12,13)(H,16,17). The first-order chi connectivity index (χ1) is 9.08. The van der Waals surface area contributed by atoms with E-state index in [1.54, 1.807) is 11.8 Å². The van der Waals surface area contributed by atoms with E-state index in [1.807, 2.05) is 0 Å². The van der Waals surface area contributed by atoms with Crippen molar-refractivity contribution in [3.05, 3.63) is 11.1 Å². The summed E-state index contributed by atoms with van der Waals surface area (Å²) in [6, 6.07) is -0.439. The SMILES string of the molecule is CC(Nc1ncc(C(=O)O)s1)C(=O)N1CCOCC1. The summed E-state index contributed by atoms with van der Waals surface area (Å²) in [4.78, 5) is 28.7. The lowest BCUT2D eigenvalue weighted by Crippen LogP contribution is -2.46. The molecule has 1 saturated heterocycles. The Morgan fingerprint density at radius 3 is 2.79 bits per heavy atom. The van der Waals surface area contributed by atoms with Crippen molar-refractivity contribution in [2.75, 3.05) is 31.6 Å². The lowest BCUT2D eigenvalue weighted by atomic mass is 10.2. The number of anilines is 1. The Morgan fingerprint density at radius 2 is 2.21 bits per heavy atom. The minimum absolute atomic E-state index is 0.0321. The molecule has 1 aromatic heterocycles. The number of aromatic nitrogens is 1. The third kappa shape index (κ3) is 3.42. The van der Waals surface area contributed by atoms with Crippen molar-refractivity contribution in [2.24, 2.45) is 0 Å². The first-order valence-corrected chi connectivity index (χ1v) is 6.72. The highest BCUT2D eigenvalue weighted by Crippen LogP contribution is 2.19. The average molecular weight is 285 g/mol. The van der Waals surface area contributed by atoms with E-state index >= 15 is 0 Å². The molecule has 0 aliphatic carbocycles. The van der Waals surface area contributed by atoms with Gasteiger partial charge in [-0.3, -0.25) is 4.79 Å².